The summed E-state index contributed by atoms with van der Waals surface area (Å²) in [6, 6.07) is 4.78. The minimum absolute atomic E-state index is 0.00193. The first-order valence-corrected chi connectivity index (χ1v) is 11.0. The van der Waals surface area contributed by atoms with E-state index >= 15 is 0 Å². The summed E-state index contributed by atoms with van der Waals surface area (Å²) in [7, 11) is -2.42. The molecule has 1 saturated heterocycles. The lowest BCUT2D eigenvalue weighted by Crippen LogP contribution is -2.41. The Morgan fingerprint density at radius 1 is 1.22 bits per heavy atom. The number of rotatable bonds is 7. The molecule has 1 heterocycles. The third-order valence-electron chi connectivity index (χ3n) is 5.71. The van der Waals surface area contributed by atoms with E-state index in [-0.39, 0.29) is 29.7 Å². The highest BCUT2D eigenvalue weighted by atomic mass is 32.2. The zero-order valence-electron chi connectivity index (χ0n) is 15.7. The van der Waals surface area contributed by atoms with Crippen LogP contribution in [0.3, 0.4) is 0 Å². The fourth-order valence-corrected chi connectivity index (χ4v) is 5.33. The van der Waals surface area contributed by atoms with Gasteiger partial charge in [-0.25, -0.2) is 13.1 Å². The number of amides is 1. The number of hydrogen-bond acceptors (Lipinski definition) is 5. The number of sulfonamides is 1. The minimum Gasteiger partial charge on any atom is -0.495 e. The fourth-order valence-electron chi connectivity index (χ4n) is 3.98. The molecule has 8 heteroatoms. The lowest BCUT2D eigenvalue weighted by Gasteiger charge is -2.35. The van der Waals surface area contributed by atoms with Crippen molar-refractivity contribution in [3.63, 3.8) is 0 Å². The van der Waals surface area contributed by atoms with Gasteiger partial charge in [0.1, 0.15) is 10.6 Å². The monoisotopic (exact) mass is 396 g/mol. The molecule has 2 N–H and O–H groups in total. The number of carbonyl (C=O) groups excluding carboxylic acids is 1. The van der Waals surface area contributed by atoms with Gasteiger partial charge in [0.25, 0.3) is 0 Å². The van der Waals surface area contributed by atoms with Crippen LogP contribution < -0.4 is 14.4 Å². The van der Waals surface area contributed by atoms with Crippen molar-refractivity contribution in [1.29, 1.82) is 0 Å². The van der Waals surface area contributed by atoms with Gasteiger partial charge in [0.05, 0.1) is 7.11 Å². The van der Waals surface area contributed by atoms with Crippen LogP contribution in [0.1, 0.15) is 44.9 Å². The van der Waals surface area contributed by atoms with E-state index in [2.05, 4.69) is 4.72 Å². The van der Waals surface area contributed by atoms with Crippen LogP contribution in [-0.2, 0) is 14.8 Å². The molecule has 7 nitrogen and oxygen atoms in total. The van der Waals surface area contributed by atoms with Crippen LogP contribution in [0.25, 0.3) is 0 Å². The molecule has 1 aliphatic heterocycles. The van der Waals surface area contributed by atoms with E-state index in [9.17, 15) is 18.3 Å². The average Bonchev–Trinajstić information content (AvgIpc) is 3.12. The molecule has 0 bridgehead atoms. The Bertz CT molecular complexity index is 787. The number of anilines is 1. The van der Waals surface area contributed by atoms with Crippen molar-refractivity contribution in [1.82, 2.24) is 4.72 Å². The van der Waals surface area contributed by atoms with Crippen molar-refractivity contribution in [3.05, 3.63) is 18.2 Å². The lowest BCUT2D eigenvalue weighted by atomic mass is 9.75. The van der Waals surface area contributed by atoms with Crippen LogP contribution in [0.2, 0.25) is 0 Å². The summed E-state index contributed by atoms with van der Waals surface area (Å²) in [5.74, 6) is 0.234. The maximum atomic E-state index is 13.0. The van der Waals surface area contributed by atoms with Gasteiger partial charge in [-0.2, -0.15) is 0 Å². The molecule has 27 heavy (non-hydrogen) atoms. The second-order valence-corrected chi connectivity index (χ2v) is 9.26. The molecule has 1 aliphatic carbocycles. The predicted octanol–water partition coefficient (Wildman–Crippen LogP) is 2.04. The van der Waals surface area contributed by atoms with E-state index in [4.69, 9.17) is 4.74 Å². The lowest BCUT2D eigenvalue weighted by molar-refractivity contribution is -0.117. The predicted molar refractivity (Wildman–Crippen MR) is 102 cm³/mol. The van der Waals surface area contributed by atoms with Crippen LogP contribution in [-0.4, -0.2) is 46.2 Å². The number of carbonyl (C=O) groups is 1. The number of nitrogens with zero attached hydrogens (tertiary/aromatic N) is 1. The van der Waals surface area contributed by atoms with Gasteiger partial charge in [0.2, 0.25) is 15.9 Å². The highest BCUT2D eigenvalue weighted by molar-refractivity contribution is 7.89. The first kappa shape index (κ1) is 20.1. The molecular formula is C19H28N2O5S. The first-order chi connectivity index (χ1) is 12.9. The van der Waals surface area contributed by atoms with Gasteiger partial charge in [-0.05, 0) is 37.5 Å². The largest absolute Gasteiger partial charge is 0.495 e. The standard InChI is InChI=1S/C19H28N2O5S/c1-26-16-8-7-15(21-11-5-6-18(21)23)12-17(16)27(24,25)20-13-19(14-22)9-3-2-4-10-19/h7-8,12,20,22H,2-6,9-11,13-14H2,1H3. The number of nitrogens with one attached hydrogen (secondary N) is 1. The normalized spacial score (nSPS) is 20.1. The number of aliphatic hydroxyl groups excluding tert-OH is 1. The van der Waals surface area contributed by atoms with Crippen molar-refractivity contribution >= 4 is 21.6 Å². The molecule has 0 aromatic heterocycles. The van der Waals surface area contributed by atoms with E-state index in [0.717, 1.165) is 38.5 Å². The van der Waals surface area contributed by atoms with Crippen molar-refractivity contribution < 1.29 is 23.1 Å². The van der Waals surface area contributed by atoms with Gasteiger partial charge in [-0.15, -0.1) is 0 Å². The minimum atomic E-state index is -3.84. The van der Waals surface area contributed by atoms with E-state index in [1.165, 1.54) is 13.2 Å². The Hall–Kier alpha value is -1.64. The average molecular weight is 397 g/mol. The summed E-state index contributed by atoms with van der Waals surface area (Å²) in [6.45, 7) is 0.753. The van der Waals surface area contributed by atoms with Gasteiger partial charge < -0.3 is 14.7 Å². The molecule has 0 unspecified atom stereocenters. The van der Waals surface area contributed by atoms with E-state index in [1.807, 2.05) is 0 Å². The maximum Gasteiger partial charge on any atom is 0.244 e. The van der Waals surface area contributed by atoms with E-state index < -0.39 is 15.4 Å². The fraction of sp³-hybridized carbons (Fsp3) is 0.632. The second kappa shape index (κ2) is 8.16. The molecule has 3 rings (SSSR count). The Morgan fingerprint density at radius 2 is 1.96 bits per heavy atom. The van der Waals surface area contributed by atoms with Crippen LogP contribution >= 0.6 is 0 Å². The first-order valence-electron chi connectivity index (χ1n) is 9.50. The molecule has 150 valence electrons. The van der Waals surface area contributed by atoms with Gasteiger partial charge in [-0.1, -0.05) is 19.3 Å². The number of aliphatic hydroxyl groups is 1. The Morgan fingerprint density at radius 3 is 2.56 bits per heavy atom. The Kier molecular flexibility index (Phi) is 6.08. The smallest absolute Gasteiger partial charge is 0.244 e. The number of methoxy groups -OCH3 is 1. The molecular weight excluding hydrogens is 368 g/mol. The summed E-state index contributed by atoms with van der Waals surface area (Å²) >= 11 is 0. The number of ether oxygens (including phenoxy) is 1. The van der Waals surface area contributed by atoms with Crippen molar-refractivity contribution in [2.24, 2.45) is 5.41 Å². The molecule has 2 aliphatic rings. The molecule has 0 spiro atoms. The molecule has 0 radical (unpaired) electrons. The summed E-state index contributed by atoms with van der Waals surface area (Å²) in [6.07, 6.45) is 5.98. The quantitative estimate of drug-likeness (QED) is 0.735. The van der Waals surface area contributed by atoms with Gasteiger partial charge in [-0.3, -0.25) is 4.79 Å². The zero-order valence-corrected chi connectivity index (χ0v) is 16.6. The van der Waals surface area contributed by atoms with Crippen LogP contribution in [0.15, 0.2) is 23.1 Å². The molecule has 1 aromatic rings. The molecule has 1 aromatic carbocycles. The van der Waals surface area contributed by atoms with E-state index in [1.54, 1.807) is 17.0 Å². The van der Waals surface area contributed by atoms with Crippen LogP contribution in [0, 0.1) is 5.41 Å². The van der Waals surface area contributed by atoms with Crippen LogP contribution in [0.4, 0.5) is 5.69 Å². The highest BCUT2D eigenvalue weighted by Gasteiger charge is 2.34. The maximum absolute atomic E-state index is 13.0. The van der Waals surface area contributed by atoms with Crippen molar-refractivity contribution in [2.75, 3.05) is 31.7 Å². The van der Waals surface area contributed by atoms with E-state index in [0.29, 0.717) is 18.7 Å². The van der Waals surface area contributed by atoms with Crippen LogP contribution in [0.5, 0.6) is 5.75 Å². The topological polar surface area (TPSA) is 95.9 Å². The van der Waals surface area contributed by atoms with Crippen molar-refractivity contribution in [2.45, 2.75) is 49.8 Å². The van der Waals surface area contributed by atoms with Gasteiger partial charge >= 0.3 is 0 Å². The molecule has 2 fully saturated rings. The number of benzene rings is 1. The summed E-state index contributed by atoms with van der Waals surface area (Å²) < 4.78 is 33.9. The Labute approximate surface area is 160 Å². The van der Waals surface area contributed by atoms with Gasteiger partial charge in [0, 0.05) is 37.2 Å². The summed E-state index contributed by atoms with van der Waals surface area (Å²) in [5.41, 5.74) is 0.161. The van der Waals surface area contributed by atoms with Gasteiger partial charge in [0.15, 0.2) is 0 Å². The highest BCUT2D eigenvalue weighted by Crippen LogP contribution is 2.36. The zero-order chi connectivity index (χ0) is 19.5. The molecule has 1 saturated carbocycles. The summed E-state index contributed by atoms with van der Waals surface area (Å²) in [4.78, 5) is 13.6. The summed E-state index contributed by atoms with van der Waals surface area (Å²) in [5, 5.41) is 9.82. The van der Waals surface area contributed by atoms with Crippen molar-refractivity contribution in [3.8, 4) is 5.75 Å². The molecule has 0 atom stereocenters. The Balaban J connectivity index is 1.85. The SMILES string of the molecule is COc1ccc(N2CCCC2=O)cc1S(=O)(=O)NCC1(CO)CCCCC1. The number of hydrogen-bond donors (Lipinski definition) is 2. The molecule has 1 amide bonds. The third-order valence-corrected chi connectivity index (χ3v) is 7.13. The third kappa shape index (κ3) is 4.28. The second-order valence-electron chi connectivity index (χ2n) is 7.53.